The van der Waals surface area contributed by atoms with Crippen LogP contribution in [-0.4, -0.2) is 29.4 Å². The van der Waals surface area contributed by atoms with E-state index in [2.05, 4.69) is 26.2 Å². The van der Waals surface area contributed by atoms with E-state index in [0.717, 1.165) is 24.3 Å². The van der Waals surface area contributed by atoms with Gasteiger partial charge in [-0.3, -0.25) is 9.59 Å². The summed E-state index contributed by atoms with van der Waals surface area (Å²) in [6.07, 6.45) is 0. The van der Waals surface area contributed by atoms with Crippen molar-refractivity contribution in [2.24, 2.45) is 0 Å². The molecule has 0 saturated heterocycles. The van der Waals surface area contributed by atoms with Gasteiger partial charge in [0.2, 0.25) is 0 Å². The van der Waals surface area contributed by atoms with Crippen LogP contribution in [0.5, 0.6) is 0 Å². The normalized spacial score (nSPS) is 15.9. The van der Waals surface area contributed by atoms with E-state index in [0.29, 0.717) is 11.3 Å². The van der Waals surface area contributed by atoms with E-state index in [1.165, 1.54) is 11.9 Å². The van der Waals surface area contributed by atoms with Gasteiger partial charge in [0.25, 0.3) is 11.5 Å². The molecule has 156 valence electrons. The number of nitrogens with zero attached hydrogens (tertiary/aromatic N) is 1. The van der Waals surface area contributed by atoms with Crippen LogP contribution in [-0.2, 0) is 6.54 Å². The Morgan fingerprint density at radius 1 is 1.03 bits per heavy atom. The molecule has 5 nitrogen and oxygen atoms in total. The summed E-state index contributed by atoms with van der Waals surface area (Å²) < 4.78 is 55.1. The summed E-state index contributed by atoms with van der Waals surface area (Å²) in [5.74, 6) is -4.83. The molecule has 2 heterocycles. The summed E-state index contributed by atoms with van der Waals surface area (Å²) in [5.41, 5.74) is 0.0589. The summed E-state index contributed by atoms with van der Waals surface area (Å²) >= 11 is 2.76. The third-order valence-electron chi connectivity index (χ3n) is 5.18. The molecule has 0 saturated carbocycles. The van der Waals surface area contributed by atoms with Crippen LogP contribution in [0, 0.1) is 23.3 Å². The Hall–Kier alpha value is -2.72. The van der Waals surface area contributed by atoms with Crippen molar-refractivity contribution >= 4 is 32.6 Å². The lowest BCUT2D eigenvalue weighted by Gasteiger charge is -2.34. The number of amides is 1. The molecule has 10 heteroatoms. The fraction of sp³-hybridized carbons (Fsp3) is 0.200. The molecular formula is C20H14BrF4N3O2. The Balaban J connectivity index is 1.84. The van der Waals surface area contributed by atoms with Gasteiger partial charge in [0.15, 0.2) is 11.6 Å². The Morgan fingerprint density at radius 3 is 2.27 bits per heavy atom. The maximum absolute atomic E-state index is 14.0. The summed E-state index contributed by atoms with van der Waals surface area (Å²) in [7, 11) is 1.43. The predicted molar refractivity (Wildman–Crippen MR) is 105 cm³/mol. The first-order valence-electron chi connectivity index (χ1n) is 8.85. The third-order valence-corrected chi connectivity index (χ3v) is 5.93. The van der Waals surface area contributed by atoms with Crippen LogP contribution in [0.1, 0.15) is 27.7 Å². The quantitative estimate of drug-likeness (QED) is 0.430. The molecule has 0 bridgehead atoms. The highest BCUT2D eigenvalue weighted by Crippen LogP contribution is 2.33. The van der Waals surface area contributed by atoms with Gasteiger partial charge < -0.3 is 15.2 Å². The van der Waals surface area contributed by atoms with Crippen LogP contribution in [0.15, 0.2) is 33.5 Å². The van der Waals surface area contributed by atoms with Crippen molar-refractivity contribution in [1.29, 1.82) is 0 Å². The predicted octanol–water partition coefficient (Wildman–Crippen LogP) is 3.76. The topological polar surface area (TPSA) is 65.2 Å². The number of fused-ring (bicyclic) bond motifs is 3. The lowest BCUT2D eigenvalue weighted by molar-refractivity contribution is 0.0722. The molecule has 30 heavy (non-hydrogen) atoms. The van der Waals surface area contributed by atoms with Crippen molar-refractivity contribution in [3.8, 4) is 0 Å². The molecule has 2 aromatic carbocycles. The van der Waals surface area contributed by atoms with E-state index < -0.39 is 40.8 Å². The van der Waals surface area contributed by atoms with Gasteiger partial charge in [-0.05, 0) is 45.6 Å². The van der Waals surface area contributed by atoms with E-state index in [-0.39, 0.29) is 33.9 Å². The molecule has 0 fully saturated rings. The zero-order valence-corrected chi connectivity index (χ0v) is 17.0. The van der Waals surface area contributed by atoms with Crippen LogP contribution >= 0.6 is 15.9 Å². The average molecular weight is 484 g/mol. The van der Waals surface area contributed by atoms with Crippen LogP contribution in [0.3, 0.4) is 0 Å². The summed E-state index contributed by atoms with van der Waals surface area (Å²) in [4.78, 5) is 29.1. The largest absolute Gasteiger partial charge is 0.333 e. The van der Waals surface area contributed by atoms with Gasteiger partial charge in [-0.1, -0.05) is 0 Å². The number of aromatic amines is 1. The van der Waals surface area contributed by atoms with E-state index in [9.17, 15) is 27.2 Å². The number of carbonyl (C=O) groups is 1. The molecule has 4 rings (SSSR count). The molecular weight excluding hydrogens is 470 g/mol. The van der Waals surface area contributed by atoms with Gasteiger partial charge in [-0.15, -0.1) is 0 Å². The van der Waals surface area contributed by atoms with Crippen molar-refractivity contribution in [1.82, 2.24) is 15.2 Å². The van der Waals surface area contributed by atoms with Gasteiger partial charge in [0.1, 0.15) is 11.6 Å². The molecule has 0 unspecified atom stereocenters. The maximum Gasteiger partial charge on any atom is 0.256 e. The zero-order valence-electron chi connectivity index (χ0n) is 15.5. The molecule has 0 spiro atoms. The van der Waals surface area contributed by atoms with Gasteiger partial charge in [0, 0.05) is 37.0 Å². The number of likely N-dealkylation sites (N-methyl/N-ethyl adjacent to an activating group) is 1. The Bertz CT molecular complexity index is 1240. The van der Waals surface area contributed by atoms with Crippen LogP contribution in [0.4, 0.5) is 17.6 Å². The fourth-order valence-electron chi connectivity index (χ4n) is 3.70. The first-order chi connectivity index (χ1) is 14.2. The molecule has 2 N–H and O–H groups in total. The monoisotopic (exact) mass is 483 g/mol. The van der Waals surface area contributed by atoms with Crippen molar-refractivity contribution in [2.75, 3.05) is 13.6 Å². The number of carbonyl (C=O) groups excluding carboxylic acids is 1. The number of rotatable bonds is 2. The van der Waals surface area contributed by atoms with Gasteiger partial charge in [-0.2, -0.15) is 0 Å². The van der Waals surface area contributed by atoms with E-state index >= 15 is 0 Å². The summed E-state index contributed by atoms with van der Waals surface area (Å²) in [6.45, 7) is 0.483. The van der Waals surface area contributed by atoms with Crippen molar-refractivity contribution < 1.29 is 22.4 Å². The van der Waals surface area contributed by atoms with Crippen LogP contribution in [0.25, 0.3) is 10.8 Å². The highest BCUT2D eigenvalue weighted by atomic mass is 79.9. The lowest BCUT2D eigenvalue weighted by Crippen LogP contribution is -2.42. The van der Waals surface area contributed by atoms with Crippen molar-refractivity contribution in [3.05, 3.63) is 79.2 Å². The number of pyridine rings is 1. The van der Waals surface area contributed by atoms with E-state index in [4.69, 9.17) is 0 Å². The highest BCUT2D eigenvalue weighted by Gasteiger charge is 2.31. The van der Waals surface area contributed by atoms with Crippen LogP contribution < -0.4 is 10.9 Å². The molecule has 1 atom stereocenters. The first-order valence-corrected chi connectivity index (χ1v) is 9.64. The molecule has 1 aliphatic heterocycles. The van der Waals surface area contributed by atoms with Gasteiger partial charge >= 0.3 is 0 Å². The van der Waals surface area contributed by atoms with Gasteiger partial charge in [0.05, 0.1) is 15.9 Å². The van der Waals surface area contributed by atoms with E-state index in [1.807, 2.05) is 0 Å². The Kier molecular flexibility index (Phi) is 5.15. The SMILES string of the molecule is CN(C(=O)c1cc(F)c(Br)c(F)c1)[C@H]1CNCc2[nH]c(=O)c3cc(F)c(F)cc3c21. The van der Waals surface area contributed by atoms with Crippen LogP contribution in [0.2, 0.25) is 0 Å². The molecule has 1 amide bonds. The number of H-pyrrole nitrogens is 1. The maximum atomic E-state index is 14.0. The second kappa shape index (κ2) is 7.51. The Morgan fingerprint density at radius 2 is 1.63 bits per heavy atom. The number of hydrogen-bond acceptors (Lipinski definition) is 3. The van der Waals surface area contributed by atoms with E-state index in [1.54, 1.807) is 0 Å². The first kappa shape index (κ1) is 20.5. The standard InChI is InChI=1S/C20H14BrF4N3O2/c1-28(20(30)8-2-13(24)18(21)14(25)3-8)16-7-26-6-15-17(16)9-4-11(22)12(23)5-10(9)19(29)27-15/h2-5,16,26H,6-7H2,1H3,(H,27,29)/t16-/m0/s1. The number of benzene rings is 2. The second-order valence-corrected chi connectivity index (χ2v) is 7.77. The van der Waals surface area contributed by atoms with Crippen molar-refractivity contribution in [3.63, 3.8) is 0 Å². The molecule has 0 radical (unpaired) electrons. The minimum Gasteiger partial charge on any atom is -0.333 e. The minimum absolute atomic E-state index is 0.0545. The second-order valence-electron chi connectivity index (χ2n) is 6.97. The number of nitrogens with one attached hydrogen (secondary N) is 2. The summed E-state index contributed by atoms with van der Waals surface area (Å²) in [6, 6.07) is 2.84. The smallest absolute Gasteiger partial charge is 0.256 e. The number of aromatic nitrogens is 1. The molecule has 3 aromatic rings. The third kappa shape index (κ3) is 3.29. The Labute approximate surface area is 175 Å². The summed E-state index contributed by atoms with van der Waals surface area (Å²) in [5, 5.41) is 3.16. The number of hydrogen-bond donors (Lipinski definition) is 2. The lowest BCUT2D eigenvalue weighted by atomic mass is 9.93. The molecule has 1 aromatic heterocycles. The highest BCUT2D eigenvalue weighted by molar-refractivity contribution is 9.10. The van der Waals surface area contributed by atoms with Crippen molar-refractivity contribution in [2.45, 2.75) is 12.6 Å². The zero-order chi connectivity index (χ0) is 21.7. The number of halogens is 5. The minimum atomic E-state index is -1.16. The fourth-order valence-corrected chi connectivity index (χ4v) is 3.93. The average Bonchev–Trinajstić information content (AvgIpc) is 2.71. The molecule has 0 aliphatic carbocycles. The molecule has 1 aliphatic rings. The van der Waals surface area contributed by atoms with Gasteiger partial charge in [-0.25, -0.2) is 17.6 Å².